The smallest absolute Gasteiger partial charge is 0.307 e. The maximum absolute atomic E-state index is 11.4. The lowest BCUT2D eigenvalue weighted by atomic mass is 9.93. The fraction of sp³-hybridized carbons (Fsp3) is 0.333. The van der Waals surface area contributed by atoms with Crippen LogP contribution >= 0.6 is 0 Å². The van der Waals surface area contributed by atoms with Gasteiger partial charge in [0.05, 0.1) is 12.1 Å². The van der Waals surface area contributed by atoms with Gasteiger partial charge in [0.2, 0.25) is 0 Å². The zero-order valence-corrected chi connectivity index (χ0v) is 11.2. The number of aryl methyl sites for hydroxylation is 2. The highest BCUT2D eigenvalue weighted by Gasteiger charge is 2.19. The third kappa shape index (κ3) is 3.68. The van der Waals surface area contributed by atoms with Gasteiger partial charge in [0.25, 0.3) is 0 Å². The quantitative estimate of drug-likeness (QED) is 0.894. The molecule has 4 heteroatoms. The summed E-state index contributed by atoms with van der Waals surface area (Å²) < 4.78 is 1.70. The lowest BCUT2D eigenvalue weighted by molar-refractivity contribution is -0.141. The van der Waals surface area contributed by atoms with Crippen molar-refractivity contribution in [2.45, 2.75) is 19.8 Å². The largest absolute Gasteiger partial charge is 0.481 e. The Labute approximate surface area is 112 Å². The summed E-state index contributed by atoms with van der Waals surface area (Å²) in [6, 6.07) is 8.00. The molecule has 0 amide bonds. The van der Waals surface area contributed by atoms with Crippen LogP contribution in [0.2, 0.25) is 0 Å². The molecule has 1 aromatic heterocycles. The molecule has 1 aromatic carbocycles. The van der Waals surface area contributed by atoms with Crippen molar-refractivity contribution in [3.05, 3.63) is 53.3 Å². The van der Waals surface area contributed by atoms with Gasteiger partial charge in [-0.25, -0.2) is 0 Å². The van der Waals surface area contributed by atoms with Crippen molar-refractivity contribution in [1.82, 2.24) is 9.78 Å². The highest BCUT2D eigenvalue weighted by molar-refractivity contribution is 5.70. The Morgan fingerprint density at radius 2 is 2.11 bits per heavy atom. The van der Waals surface area contributed by atoms with E-state index in [9.17, 15) is 9.90 Å². The van der Waals surface area contributed by atoms with Crippen LogP contribution in [0.15, 0.2) is 36.7 Å². The summed E-state index contributed by atoms with van der Waals surface area (Å²) in [5.74, 6) is -1.17. The highest BCUT2D eigenvalue weighted by Crippen LogP contribution is 2.16. The standard InChI is InChI=1S/C15H18N2O2/c1-11-4-3-5-12(6-11)7-14(15(18)19)8-13-9-16-17(2)10-13/h3-6,9-10,14H,7-8H2,1-2H3,(H,18,19). The molecule has 0 aliphatic rings. The van der Waals surface area contributed by atoms with E-state index in [1.807, 2.05) is 44.4 Å². The molecule has 100 valence electrons. The predicted octanol–water partition coefficient (Wildman–Crippen LogP) is 2.21. The molecule has 0 bridgehead atoms. The molecule has 4 nitrogen and oxygen atoms in total. The number of carbonyl (C=O) groups is 1. The molecule has 2 rings (SSSR count). The first kappa shape index (κ1) is 13.3. The van der Waals surface area contributed by atoms with Crippen molar-refractivity contribution >= 4 is 5.97 Å². The number of benzene rings is 1. The summed E-state index contributed by atoms with van der Waals surface area (Å²) in [6.07, 6.45) is 4.65. The van der Waals surface area contributed by atoms with Crippen molar-refractivity contribution < 1.29 is 9.90 Å². The molecule has 1 unspecified atom stereocenters. The minimum absolute atomic E-state index is 0.411. The normalized spacial score (nSPS) is 12.3. The maximum Gasteiger partial charge on any atom is 0.307 e. The molecule has 0 saturated heterocycles. The first-order chi connectivity index (χ1) is 9.04. The minimum atomic E-state index is -0.759. The average molecular weight is 258 g/mol. The molecule has 0 fully saturated rings. The molecule has 0 radical (unpaired) electrons. The van der Waals surface area contributed by atoms with Gasteiger partial charge in [-0.2, -0.15) is 5.10 Å². The van der Waals surface area contributed by atoms with E-state index in [-0.39, 0.29) is 0 Å². The van der Waals surface area contributed by atoms with E-state index < -0.39 is 11.9 Å². The number of hydrogen-bond donors (Lipinski definition) is 1. The Bertz CT molecular complexity index is 575. The van der Waals surface area contributed by atoms with E-state index in [0.29, 0.717) is 12.8 Å². The number of carboxylic acids is 1. The van der Waals surface area contributed by atoms with Crippen LogP contribution in [0.1, 0.15) is 16.7 Å². The monoisotopic (exact) mass is 258 g/mol. The molecular formula is C15H18N2O2. The molecule has 0 aliphatic carbocycles. The van der Waals surface area contributed by atoms with Crippen LogP contribution in [-0.4, -0.2) is 20.9 Å². The van der Waals surface area contributed by atoms with Crippen molar-refractivity contribution in [2.75, 3.05) is 0 Å². The first-order valence-electron chi connectivity index (χ1n) is 6.30. The summed E-state index contributed by atoms with van der Waals surface area (Å²) >= 11 is 0. The fourth-order valence-corrected chi connectivity index (χ4v) is 2.23. The van der Waals surface area contributed by atoms with Crippen LogP contribution in [0.25, 0.3) is 0 Å². The molecule has 2 aromatic rings. The summed E-state index contributed by atoms with van der Waals surface area (Å²) in [5.41, 5.74) is 3.18. The van der Waals surface area contributed by atoms with Gasteiger partial charge in [0.15, 0.2) is 0 Å². The van der Waals surface area contributed by atoms with Gasteiger partial charge in [-0.15, -0.1) is 0 Å². The number of carboxylic acid groups (broad SMARTS) is 1. The molecule has 1 atom stereocenters. The maximum atomic E-state index is 11.4. The van der Waals surface area contributed by atoms with Gasteiger partial charge in [0, 0.05) is 13.2 Å². The summed E-state index contributed by atoms with van der Waals surface area (Å²) in [4.78, 5) is 11.4. The van der Waals surface area contributed by atoms with Crippen LogP contribution in [0.3, 0.4) is 0 Å². The Morgan fingerprint density at radius 1 is 1.37 bits per heavy atom. The summed E-state index contributed by atoms with van der Waals surface area (Å²) in [6.45, 7) is 2.01. The van der Waals surface area contributed by atoms with E-state index in [4.69, 9.17) is 0 Å². The molecule has 0 aliphatic heterocycles. The number of rotatable bonds is 5. The number of nitrogens with zero attached hydrogens (tertiary/aromatic N) is 2. The number of aliphatic carboxylic acids is 1. The lowest BCUT2D eigenvalue weighted by Crippen LogP contribution is -2.19. The van der Waals surface area contributed by atoms with E-state index in [1.54, 1.807) is 10.9 Å². The number of aromatic nitrogens is 2. The van der Waals surface area contributed by atoms with Gasteiger partial charge in [-0.05, 0) is 30.9 Å². The van der Waals surface area contributed by atoms with Crippen molar-refractivity contribution in [3.8, 4) is 0 Å². The predicted molar refractivity (Wildman–Crippen MR) is 72.9 cm³/mol. The van der Waals surface area contributed by atoms with Crippen molar-refractivity contribution in [3.63, 3.8) is 0 Å². The minimum Gasteiger partial charge on any atom is -0.481 e. The molecule has 19 heavy (non-hydrogen) atoms. The second-order valence-electron chi connectivity index (χ2n) is 4.95. The third-order valence-corrected chi connectivity index (χ3v) is 3.15. The molecule has 0 saturated carbocycles. The van der Waals surface area contributed by atoms with Gasteiger partial charge >= 0.3 is 5.97 Å². The Morgan fingerprint density at radius 3 is 2.68 bits per heavy atom. The molecule has 1 heterocycles. The second kappa shape index (κ2) is 5.69. The van der Waals surface area contributed by atoms with E-state index in [2.05, 4.69) is 5.10 Å². The first-order valence-corrected chi connectivity index (χ1v) is 6.30. The zero-order chi connectivity index (χ0) is 13.8. The summed E-state index contributed by atoms with van der Waals surface area (Å²) in [7, 11) is 1.83. The van der Waals surface area contributed by atoms with Gasteiger partial charge in [-0.3, -0.25) is 9.48 Å². The molecule has 1 N–H and O–H groups in total. The van der Waals surface area contributed by atoms with Crippen molar-refractivity contribution in [2.24, 2.45) is 13.0 Å². The fourth-order valence-electron chi connectivity index (χ4n) is 2.23. The van der Waals surface area contributed by atoms with Crippen LogP contribution in [0.5, 0.6) is 0 Å². The third-order valence-electron chi connectivity index (χ3n) is 3.15. The van der Waals surface area contributed by atoms with E-state index in [1.165, 1.54) is 0 Å². The Balaban J connectivity index is 2.10. The van der Waals surface area contributed by atoms with Gasteiger partial charge in [-0.1, -0.05) is 29.8 Å². The average Bonchev–Trinajstić information content (AvgIpc) is 2.74. The Kier molecular flexibility index (Phi) is 4.00. The molecular weight excluding hydrogens is 240 g/mol. The van der Waals surface area contributed by atoms with Crippen LogP contribution in [-0.2, 0) is 24.7 Å². The van der Waals surface area contributed by atoms with Crippen LogP contribution in [0, 0.1) is 12.8 Å². The van der Waals surface area contributed by atoms with Crippen LogP contribution in [0.4, 0.5) is 0 Å². The zero-order valence-electron chi connectivity index (χ0n) is 11.2. The SMILES string of the molecule is Cc1cccc(CC(Cc2cnn(C)c2)C(=O)O)c1. The van der Waals surface area contributed by atoms with Gasteiger partial charge in [0.1, 0.15) is 0 Å². The van der Waals surface area contributed by atoms with Crippen LogP contribution < -0.4 is 0 Å². The van der Waals surface area contributed by atoms with E-state index in [0.717, 1.165) is 16.7 Å². The van der Waals surface area contributed by atoms with E-state index >= 15 is 0 Å². The second-order valence-corrected chi connectivity index (χ2v) is 4.95. The van der Waals surface area contributed by atoms with Gasteiger partial charge < -0.3 is 5.11 Å². The number of hydrogen-bond acceptors (Lipinski definition) is 2. The molecule has 0 spiro atoms. The lowest BCUT2D eigenvalue weighted by Gasteiger charge is -2.11. The highest BCUT2D eigenvalue weighted by atomic mass is 16.4. The Hall–Kier alpha value is -2.10. The summed E-state index contributed by atoms with van der Waals surface area (Å²) in [5, 5.41) is 13.4. The van der Waals surface area contributed by atoms with Crippen molar-refractivity contribution in [1.29, 1.82) is 0 Å². The topological polar surface area (TPSA) is 55.1 Å².